The van der Waals surface area contributed by atoms with Crippen LogP contribution in [0.25, 0.3) is 0 Å². The van der Waals surface area contributed by atoms with Gasteiger partial charge in [-0.1, -0.05) is 6.42 Å². The molecule has 1 fully saturated rings. The van der Waals surface area contributed by atoms with E-state index < -0.39 is 0 Å². The summed E-state index contributed by atoms with van der Waals surface area (Å²) in [4.78, 5) is 10.3. The number of hydrogen-bond donors (Lipinski definition) is 1. The fourth-order valence-electron chi connectivity index (χ4n) is 1.30. The van der Waals surface area contributed by atoms with Gasteiger partial charge in [0.2, 0.25) is 6.29 Å². The van der Waals surface area contributed by atoms with E-state index in [0.29, 0.717) is 0 Å². The van der Waals surface area contributed by atoms with Crippen molar-refractivity contribution in [1.29, 1.82) is 0 Å². The molecular weight excluding hydrogens is 126 g/mol. The minimum atomic E-state index is 0.202. The number of nitrogens with one attached hydrogen (secondary N) is 1. The van der Waals surface area contributed by atoms with Gasteiger partial charge in [0, 0.05) is 5.92 Å². The van der Waals surface area contributed by atoms with Crippen LogP contribution in [0.5, 0.6) is 0 Å². The van der Waals surface area contributed by atoms with Crippen LogP contribution in [0.3, 0.4) is 0 Å². The van der Waals surface area contributed by atoms with E-state index in [4.69, 9.17) is 0 Å². The predicted octanol–water partition coefficient (Wildman–Crippen LogP) is 0.876. The molecule has 1 rings (SSSR count). The molecule has 1 saturated heterocycles. The van der Waals surface area contributed by atoms with Crippen molar-refractivity contribution in [3.63, 3.8) is 0 Å². The first-order chi connectivity index (χ1) is 4.93. The summed E-state index contributed by atoms with van der Waals surface area (Å²) in [7, 11) is 0. The third-order valence-corrected chi connectivity index (χ3v) is 1.99. The SMILES string of the molecule is O=[C]C1CCCCNCC1. The average Bonchev–Trinajstić information content (AvgIpc) is 1.87. The maximum atomic E-state index is 10.3. The molecule has 0 spiro atoms. The van der Waals surface area contributed by atoms with Gasteiger partial charge in [0.1, 0.15) is 0 Å². The lowest BCUT2D eigenvalue weighted by Gasteiger charge is -2.13. The zero-order valence-electron chi connectivity index (χ0n) is 6.23. The van der Waals surface area contributed by atoms with Crippen LogP contribution in [-0.2, 0) is 4.79 Å². The highest BCUT2D eigenvalue weighted by Crippen LogP contribution is 2.11. The first kappa shape index (κ1) is 7.73. The molecule has 1 atom stereocenters. The summed E-state index contributed by atoms with van der Waals surface area (Å²) in [5, 5.41) is 3.27. The van der Waals surface area contributed by atoms with Crippen molar-refractivity contribution in [3.05, 3.63) is 0 Å². The molecule has 0 aromatic heterocycles. The van der Waals surface area contributed by atoms with Gasteiger partial charge in [0.15, 0.2) is 0 Å². The van der Waals surface area contributed by atoms with Gasteiger partial charge in [-0.15, -0.1) is 0 Å². The average molecular weight is 140 g/mol. The Labute approximate surface area is 62.0 Å². The second-order valence-electron chi connectivity index (χ2n) is 2.85. The van der Waals surface area contributed by atoms with Crippen LogP contribution in [0, 0.1) is 5.92 Å². The standard InChI is InChI=1S/C8H14NO/c10-7-8-3-1-2-5-9-6-4-8/h8-9H,1-6H2. The Hall–Kier alpha value is -0.370. The monoisotopic (exact) mass is 140 g/mol. The molecule has 0 amide bonds. The molecule has 0 aromatic carbocycles. The van der Waals surface area contributed by atoms with Gasteiger partial charge in [-0.2, -0.15) is 0 Å². The number of hydrogen-bond acceptors (Lipinski definition) is 2. The normalized spacial score (nSPS) is 28.6. The zero-order valence-corrected chi connectivity index (χ0v) is 6.23. The molecular formula is C8H14NO. The highest BCUT2D eigenvalue weighted by atomic mass is 16.1. The maximum Gasteiger partial charge on any atom is 0.201 e. The molecule has 10 heavy (non-hydrogen) atoms. The highest BCUT2D eigenvalue weighted by Gasteiger charge is 2.09. The molecule has 1 aliphatic rings. The smallest absolute Gasteiger partial charge is 0.201 e. The van der Waals surface area contributed by atoms with E-state index in [1.165, 1.54) is 12.8 Å². The predicted molar refractivity (Wildman–Crippen MR) is 40.5 cm³/mol. The van der Waals surface area contributed by atoms with Gasteiger partial charge in [-0.25, -0.2) is 0 Å². The summed E-state index contributed by atoms with van der Waals surface area (Å²) in [5.41, 5.74) is 0. The summed E-state index contributed by atoms with van der Waals surface area (Å²) >= 11 is 0. The van der Waals surface area contributed by atoms with E-state index in [1.807, 2.05) is 0 Å². The lowest BCUT2D eigenvalue weighted by Crippen LogP contribution is -2.22. The van der Waals surface area contributed by atoms with E-state index in [9.17, 15) is 4.79 Å². The van der Waals surface area contributed by atoms with Crippen molar-refractivity contribution in [3.8, 4) is 0 Å². The van der Waals surface area contributed by atoms with Crippen LogP contribution in [-0.4, -0.2) is 19.4 Å². The Morgan fingerprint density at radius 1 is 1.20 bits per heavy atom. The van der Waals surface area contributed by atoms with Crippen molar-refractivity contribution >= 4 is 6.29 Å². The summed E-state index contributed by atoms with van der Waals surface area (Å²) in [5.74, 6) is 0.202. The Bertz CT molecular complexity index is 95.4. The molecule has 1 aliphatic heterocycles. The Kier molecular flexibility index (Phi) is 3.44. The minimum absolute atomic E-state index is 0.202. The van der Waals surface area contributed by atoms with Crippen LogP contribution in [0.2, 0.25) is 0 Å². The fraction of sp³-hybridized carbons (Fsp3) is 0.875. The number of rotatable bonds is 1. The van der Waals surface area contributed by atoms with Gasteiger partial charge >= 0.3 is 0 Å². The molecule has 1 N–H and O–H groups in total. The van der Waals surface area contributed by atoms with E-state index in [1.54, 1.807) is 0 Å². The topological polar surface area (TPSA) is 29.1 Å². The molecule has 1 radical (unpaired) electrons. The molecule has 2 heteroatoms. The highest BCUT2D eigenvalue weighted by molar-refractivity contribution is 5.54. The first-order valence-corrected chi connectivity index (χ1v) is 4.02. The van der Waals surface area contributed by atoms with Gasteiger partial charge in [-0.05, 0) is 32.4 Å². The van der Waals surface area contributed by atoms with Crippen molar-refractivity contribution in [2.45, 2.75) is 25.7 Å². The van der Waals surface area contributed by atoms with E-state index in [0.717, 1.165) is 25.9 Å². The Morgan fingerprint density at radius 3 is 2.90 bits per heavy atom. The molecule has 1 unspecified atom stereocenters. The Morgan fingerprint density at radius 2 is 2.10 bits per heavy atom. The Balaban J connectivity index is 2.22. The summed E-state index contributed by atoms with van der Waals surface area (Å²) in [6.07, 6.45) is 6.48. The van der Waals surface area contributed by atoms with Crippen LogP contribution in [0.4, 0.5) is 0 Å². The largest absolute Gasteiger partial charge is 0.317 e. The van der Waals surface area contributed by atoms with E-state index in [-0.39, 0.29) is 5.92 Å². The first-order valence-electron chi connectivity index (χ1n) is 4.02. The summed E-state index contributed by atoms with van der Waals surface area (Å²) in [6, 6.07) is 0. The second-order valence-corrected chi connectivity index (χ2v) is 2.85. The van der Waals surface area contributed by atoms with Crippen molar-refractivity contribution in [1.82, 2.24) is 5.32 Å². The molecule has 0 aromatic rings. The van der Waals surface area contributed by atoms with Gasteiger partial charge in [0.05, 0.1) is 0 Å². The van der Waals surface area contributed by atoms with Crippen LogP contribution < -0.4 is 5.32 Å². The van der Waals surface area contributed by atoms with Crippen LogP contribution in [0.15, 0.2) is 0 Å². The summed E-state index contributed by atoms with van der Waals surface area (Å²) in [6.45, 7) is 2.10. The zero-order chi connectivity index (χ0) is 7.23. The van der Waals surface area contributed by atoms with Crippen molar-refractivity contribution < 1.29 is 4.79 Å². The molecule has 0 aliphatic carbocycles. The third-order valence-electron chi connectivity index (χ3n) is 1.99. The van der Waals surface area contributed by atoms with Crippen LogP contribution >= 0.6 is 0 Å². The van der Waals surface area contributed by atoms with Crippen molar-refractivity contribution in [2.75, 3.05) is 13.1 Å². The molecule has 2 nitrogen and oxygen atoms in total. The third kappa shape index (κ3) is 2.48. The molecule has 57 valence electrons. The van der Waals surface area contributed by atoms with Gasteiger partial charge in [0.25, 0.3) is 0 Å². The lowest BCUT2D eigenvalue weighted by molar-refractivity contribution is 0.437. The van der Waals surface area contributed by atoms with Crippen molar-refractivity contribution in [2.24, 2.45) is 5.92 Å². The molecule has 1 heterocycles. The second kappa shape index (κ2) is 4.45. The lowest BCUT2D eigenvalue weighted by atomic mass is 9.98. The van der Waals surface area contributed by atoms with E-state index in [2.05, 4.69) is 11.6 Å². The molecule has 0 bridgehead atoms. The van der Waals surface area contributed by atoms with Gasteiger partial charge in [-0.3, -0.25) is 4.79 Å². The van der Waals surface area contributed by atoms with Gasteiger partial charge < -0.3 is 5.32 Å². The van der Waals surface area contributed by atoms with E-state index >= 15 is 0 Å². The molecule has 0 saturated carbocycles. The fourth-order valence-corrected chi connectivity index (χ4v) is 1.30. The number of carbonyl (C=O) groups excluding carboxylic acids is 1. The summed E-state index contributed by atoms with van der Waals surface area (Å²) < 4.78 is 0. The quantitative estimate of drug-likeness (QED) is 0.585. The van der Waals surface area contributed by atoms with Crippen LogP contribution in [0.1, 0.15) is 25.7 Å². The minimum Gasteiger partial charge on any atom is -0.317 e. The maximum absolute atomic E-state index is 10.3.